The highest BCUT2D eigenvalue weighted by molar-refractivity contribution is 6.33. The maximum absolute atomic E-state index is 11.1. The molecule has 0 aliphatic rings. The van der Waals surface area contributed by atoms with Crippen molar-refractivity contribution in [1.29, 1.82) is 0 Å². The van der Waals surface area contributed by atoms with Crippen LogP contribution in [0.4, 0.5) is 0 Å². The van der Waals surface area contributed by atoms with Gasteiger partial charge in [-0.15, -0.1) is 0 Å². The zero-order valence-electron chi connectivity index (χ0n) is 10.1. The molecule has 0 saturated carbocycles. The summed E-state index contributed by atoms with van der Waals surface area (Å²) >= 11 is 6.26. The molecule has 0 radical (unpaired) electrons. The Hall–Kier alpha value is -1.80. The van der Waals surface area contributed by atoms with Crippen molar-refractivity contribution < 1.29 is 4.79 Å². The van der Waals surface area contributed by atoms with E-state index in [2.05, 4.69) is 0 Å². The van der Waals surface area contributed by atoms with Gasteiger partial charge < -0.3 is 5.73 Å². The van der Waals surface area contributed by atoms with Gasteiger partial charge in [0, 0.05) is 10.6 Å². The van der Waals surface area contributed by atoms with Gasteiger partial charge in [-0.2, -0.15) is 0 Å². The Bertz CT molecular complexity index is 566. The van der Waals surface area contributed by atoms with E-state index in [1.165, 1.54) is 0 Å². The van der Waals surface area contributed by atoms with Crippen LogP contribution in [0.25, 0.3) is 11.1 Å². The van der Waals surface area contributed by atoms with Crippen LogP contribution < -0.4 is 5.73 Å². The molecule has 2 aromatic rings. The van der Waals surface area contributed by atoms with Gasteiger partial charge in [0.05, 0.1) is 5.92 Å². The zero-order valence-corrected chi connectivity index (χ0v) is 10.8. The fraction of sp³-hybridized carbons (Fsp3) is 0.133. The number of benzene rings is 2. The average molecular weight is 260 g/mol. The van der Waals surface area contributed by atoms with Gasteiger partial charge in [-0.3, -0.25) is 4.79 Å². The Balaban J connectivity index is 2.40. The van der Waals surface area contributed by atoms with Crippen LogP contribution >= 0.6 is 11.6 Å². The first kappa shape index (κ1) is 12.7. The van der Waals surface area contributed by atoms with E-state index in [0.717, 1.165) is 16.7 Å². The van der Waals surface area contributed by atoms with E-state index in [1.54, 1.807) is 13.0 Å². The maximum atomic E-state index is 11.1. The van der Waals surface area contributed by atoms with Crippen LogP contribution in [-0.4, -0.2) is 5.91 Å². The molecule has 2 N–H and O–H groups in total. The molecule has 0 spiro atoms. The number of hydrogen-bond donors (Lipinski definition) is 1. The van der Waals surface area contributed by atoms with Crippen LogP contribution in [0.3, 0.4) is 0 Å². The predicted octanol–water partition coefficient (Wildman–Crippen LogP) is 3.60. The van der Waals surface area contributed by atoms with E-state index >= 15 is 0 Å². The molecule has 0 aliphatic carbocycles. The Morgan fingerprint density at radius 1 is 1.17 bits per heavy atom. The number of rotatable bonds is 3. The van der Waals surface area contributed by atoms with Crippen molar-refractivity contribution >= 4 is 17.5 Å². The van der Waals surface area contributed by atoms with Crippen molar-refractivity contribution in [2.45, 2.75) is 12.8 Å². The van der Waals surface area contributed by atoms with Crippen molar-refractivity contribution in [2.75, 3.05) is 0 Å². The fourth-order valence-electron chi connectivity index (χ4n) is 1.82. The molecule has 0 aliphatic heterocycles. The van der Waals surface area contributed by atoms with Crippen LogP contribution in [0.15, 0.2) is 48.5 Å². The summed E-state index contributed by atoms with van der Waals surface area (Å²) in [6.45, 7) is 1.77. The highest BCUT2D eigenvalue weighted by Gasteiger charge is 2.13. The molecule has 1 amide bonds. The second-order valence-electron chi connectivity index (χ2n) is 4.23. The Morgan fingerprint density at radius 2 is 1.83 bits per heavy atom. The van der Waals surface area contributed by atoms with Crippen molar-refractivity contribution in [2.24, 2.45) is 5.73 Å². The SMILES string of the molecule is CC(C(N)=O)c1ccc(-c2ccccc2)c(Cl)c1. The van der Waals surface area contributed by atoms with Gasteiger partial charge in [0.15, 0.2) is 0 Å². The summed E-state index contributed by atoms with van der Waals surface area (Å²) in [6.07, 6.45) is 0. The maximum Gasteiger partial charge on any atom is 0.224 e. The number of primary amides is 1. The third-order valence-corrected chi connectivity index (χ3v) is 3.32. The van der Waals surface area contributed by atoms with E-state index < -0.39 is 0 Å². The van der Waals surface area contributed by atoms with Gasteiger partial charge in [-0.25, -0.2) is 0 Å². The Labute approximate surface area is 111 Å². The molecule has 3 heteroatoms. The summed E-state index contributed by atoms with van der Waals surface area (Å²) in [7, 11) is 0. The zero-order chi connectivity index (χ0) is 13.1. The lowest BCUT2D eigenvalue weighted by atomic mass is 9.97. The molecule has 92 valence electrons. The minimum atomic E-state index is -0.349. The van der Waals surface area contributed by atoms with Crippen molar-refractivity contribution in [3.63, 3.8) is 0 Å². The van der Waals surface area contributed by atoms with Gasteiger partial charge in [0.2, 0.25) is 5.91 Å². The standard InChI is InChI=1S/C15H14ClNO/c1-10(15(17)18)12-7-8-13(14(16)9-12)11-5-3-2-4-6-11/h2-10H,1H3,(H2,17,18). The predicted molar refractivity (Wildman–Crippen MR) is 74.5 cm³/mol. The fourth-order valence-corrected chi connectivity index (χ4v) is 2.11. The highest BCUT2D eigenvalue weighted by Crippen LogP contribution is 2.30. The van der Waals surface area contributed by atoms with Crippen molar-refractivity contribution in [3.8, 4) is 11.1 Å². The second-order valence-corrected chi connectivity index (χ2v) is 4.64. The number of carbonyl (C=O) groups is 1. The lowest BCUT2D eigenvalue weighted by Gasteiger charge is -2.11. The number of amides is 1. The quantitative estimate of drug-likeness (QED) is 0.899. The summed E-state index contributed by atoms with van der Waals surface area (Å²) in [5, 5.41) is 0.631. The number of nitrogens with two attached hydrogens (primary N) is 1. The van der Waals surface area contributed by atoms with Crippen LogP contribution in [0, 0.1) is 0 Å². The molecule has 1 atom stereocenters. The van der Waals surface area contributed by atoms with Crippen LogP contribution in [0.5, 0.6) is 0 Å². The highest BCUT2D eigenvalue weighted by atomic mass is 35.5. The van der Waals surface area contributed by atoms with E-state index in [1.807, 2.05) is 42.5 Å². The average Bonchev–Trinajstić information content (AvgIpc) is 2.38. The van der Waals surface area contributed by atoms with E-state index in [4.69, 9.17) is 17.3 Å². The molecule has 1 unspecified atom stereocenters. The second kappa shape index (κ2) is 5.23. The van der Waals surface area contributed by atoms with Gasteiger partial charge in [0.25, 0.3) is 0 Å². The third kappa shape index (κ3) is 2.54. The van der Waals surface area contributed by atoms with Crippen LogP contribution in [-0.2, 0) is 4.79 Å². The van der Waals surface area contributed by atoms with Crippen molar-refractivity contribution in [1.82, 2.24) is 0 Å². The lowest BCUT2D eigenvalue weighted by molar-refractivity contribution is -0.119. The van der Waals surface area contributed by atoms with Crippen molar-refractivity contribution in [3.05, 3.63) is 59.1 Å². The molecule has 2 rings (SSSR count). The number of halogens is 1. The molecule has 0 aromatic heterocycles. The molecular formula is C15H14ClNO. The molecule has 0 saturated heterocycles. The Morgan fingerprint density at radius 3 is 2.39 bits per heavy atom. The summed E-state index contributed by atoms with van der Waals surface area (Å²) in [5.41, 5.74) is 8.14. The smallest absolute Gasteiger partial charge is 0.224 e. The van der Waals surface area contributed by atoms with E-state index in [0.29, 0.717) is 5.02 Å². The lowest BCUT2D eigenvalue weighted by Crippen LogP contribution is -2.18. The van der Waals surface area contributed by atoms with E-state index in [9.17, 15) is 4.79 Å². The molecule has 18 heavy (non-hydrogen) atoms. The van der Waals surface area contributed by atoms with Crippen LogP contribution in [0.2, 0.25) is 5.02 Å². The summed E-state index contributed by atoms with van der Waals surface area (Å²) in [6, 6.07) is 15.5. The number of carbonyl (C=O) groups excluding carboxylic acids is 1. The van der Waals surface area contributed by atoms with Crippen LogP contribution in [0.1, 0.15) is 18.4 Å². The first-order valence-electron chi connectivity index (χ1n) is 5.74. The first-order chi connectivity index (χ1) is 8.59. The minimum Gasteiger partial charge on any atom is -0.369 e. The van der Waals surface area contributed by atoms with Gasteiger partial charge in [0.1, 0.15) is 0 Å². The topological polar surface area (TPSA) is 43.1 Å². The summed E-state index contributed by atoms with van der Waals surface area (Å²) in [5.74, 6) is -0.675. The molecular weight excluding hydrogens is 246 g/mol. The van der Waals surface area contributed by atoms with Gasteiger partial charge in [-0.05, 0) is 24.1 Å². The van der Waals surface area contributed by atoms with E-state index in [-0.39, 0.29) is 11.8 Å². The normalized spacial score (nSPS) is 12.1. The molecule has 0 bridgehead atoms. The molecule has 0 fully saturated rings. The first-order valence-corrected chi connectivity index (χ1v) is 6.11. The molecule has 2 aromatic carbocycles. The van der Waals surface area contributed by atoms with Gasteiger partial charge in [-0.1, -0.05) is 54.1 Å². The monoisotopic (exact) mass is 259 g/mol. The number of hydrogen-bond acceptors (Lipinski definition) is 1. The molecule has 2 nitrogen and oxygen atoms in total. The summed E-state index contributed by atoms with van der Waals surface area (Å²) < 4.78 is 0. The summed E-state index contributed by atoms with van der Waals surface area (Å²) in [4.78, 5) is 11.1. The third-order valence-electron chi connectivity index (χ3n) is 3.00. The Kier molecular flexibility index (Phi) is 3.68. The largest absolute Gasteiger partial charge is 0.369 e. The molecule has 0 heterocycles. The minimum absolute atomic E-state index is 0.327. The van der Waals surface area contributed by atoms with Gasteiger partial charge >= 0.3 is 0 Å².